The fraction of sp³-hybridized carbons (Fsp3) is 0.800. The maximum atomic E-state index is 11.5. The predicted molar refractivity (Wildman–Crippen MR) is 59.1 cm³/mol. The quantitative estimate of drug-likeness (QED) is 0.472. The van der Waals surface area contributed by atoms with Gasteiger partial charge < -0.3 is 15.0 Å². The van der Waals surface area contributed by atoms with Gasteiger partial charge in [0, 0.05) is 27.2 Å². The van der Waals surface area contributed by atoms with Gasteiger partial charge in [0.15, 0.2) is 0 Å². The summed E-state index contributed by atoms with van der Waals surface area (Å²) in [6, 6.07) is -0.193. The van der Waals surface area contributed by atoms with Crippen molar-refractivity contribution in [3.05, 3.63) is 0 Å². The zero-order valence-electron chi connectivity index (χ0n) is 9.86. The fourth-order valence-corrected chi connectivity index (χ4v) is 1.55. The number of nitrogens with one attached hydrogen (secondary N) is 1. The van der Waals surface area contributed by atoms with Crippen LogP contribution in [0.5, 0.6) is 0 Å². The van der Waals surface area contributed by atoms with Crippen LogP contribution >= 0.6 is 0 Å². The number of amides is 3. The van der Waals surface area contributed by atoms with Crippen molar-refractivity contribution in [2.45, 2.75) is 6.42 Å². The molecule has 1 heterocycles. The molecule has 0 bridgehead atoms. The lowest BCUT2D eigenvalue weighted by Crippen LogP contribution is -2.34. The molecule has 0 atom stereocenters. The van der Waals surface area contributed by atoms with E-state index in [1.807, 2.05) is 0 Å². The lowest BCUT2D eigenvalue weighted by Gasteiger charge is -2.13. The van der Waals surface area contributed by atoms with E-state index in [0.717, 1.165) is 19.5 Å². The summed E-state index contributed by atoms with van der Waals surface area (Å²) in [5, 5.41) is 3.16. The average molecular weight is 229 g/mol. The molecule has 0 radical (unpaired) electrons. The van der Waals surface area contributed by atoms with E-state index < -0.39 is 0 Å². The topological polar surface area (TPSA) is 61.9 Å². The van der Waals surface area contributed by atoms with Crippen molar-refractivity contribution in [3.8, 4) is 0 Å². The normalized spacial score (nSPS) is 16.4. The van der Waals surface area contributed by atoms with Gasteiger partial charge in [-0.1, -0.05) is 0 Å². The lowest BCUT2D eigenvalue weighted by molar-refractivity contribution is -0.125. The van der Waals surface area contributed by atoms with Crippen molar-refractivity contribution in [3.63, 3.8) is 0 Å². The molecule has 6 nitrogen and oxygen atoms in total. The molecule has 0 aromatic heterocycles. The van der Waals surface area contributed by atoms with Gasteiger partial charge in [-0.3, -0.25) is 9.69 Å². The second-order valence-electron chi connectivity index (χ2n) is 3.78. The number of nitrogens with zero attached hydrogens (tertiary/aromatic N) is 2. The van der Waals surface area contributed by atoms with Crippen LogP contribution in [0.2, 0.25) is 0 Å². The summed E-state index contributed by atoms with van der Waals surface area (Å²) in [5.41, 5.74) is 0. The molecule has 0 saturated carbocycles. The Kier molecular flexibility index (Phi) is 5.21. The smallest absolute Gasteiger partial charge is 0.326 e. The summed E-state index contributed by atoms with van der Waals surface area (Å²) < 4.78 is 4.88. The summed E-state index contributed by atoms with van der Waals surface area (Å²) in [7, 11) is 3.29. The third kappa shape index (κ3) is 3.46. The van der Waals surface area contributed by atoms with Gasteiger partial charge in [-0.05, 0) is 13.0 Å². The van der Waals surface area contributed by atoms with Gasteiger partial charge in [0.25, 0.3) is 0 Å². The number of hydrogen-bond acceptors (Lipinski definition) is 4. The van der Waals surface area contributed by atoms with E-state index in [1.165, 1.54) is 9.80 Å². The molecule has 0 spiro atoms. The molecule has 3 amide bonds. The zero-order chi connectivity index (χ0) is 12.0. The minimum atomic E-state index is -0.193. The van der Waals surface area contributed by atoms with Crippen LogP contribution in [0.25, 0.3) is 0 Å². The molecular formula is C10H19N3O3. The third-order valence-corrected chi connectivity index (χ3v) is 2.45. The maximum Gasteiger partial charge on any atom is 0.326 e. The highest BCUT2D eigenvalue weighted by molar-refractivity contribution is 6.01. The van der Waals surface area contributed by atoms with E-state index in [0.29, 0.717) is 13.2 Å². The van der Waals surface area contributed by atoms with Crippen LogP contribution in [0.15, 0.2) is 0 Å². The minimum absolute atomic E-state index is 0.107. The van der Waals surface area contributed by atoms with E-state index in [2.05, 4.69) is 5.32 Å². The Labute approximate surface area is 95.5 Å². The van der Waals surface area contributed by atoms with Crippen molar-refractivity contribution in [2.75, 3.05) is 46.9 Å². The van der Waals surface area contributed by atoms with Gasteiger partial charge in [0.2, 0.25) is 5.91 Å². The Morgan fingerprint density at radius 1 is 1.38 bits per heavy atom. The van der Waals surface area contributed by atoms with Gasteiger partial charge in [-0.25, -0.2) is 4.79 Å². The number of hydrogen-bond donors (Lipinski definition) is 1. The summed E-state index contributed by atoms with van der Waals surface area (Å²) >= 11 is 0. The molecule has 1 aliphatic heterocycles. The molecule has 1 N–H and O–H groups in total. The largest absolute Gasteiger partial charge is 0.383 e. The summed E-state index contributed by atoms with van der Waals surface area (Å²) in [6.07, 6.45) is 0.773. The molecule has 0 unspecified atom stereocenters. The summed E-state index contributed by atoms with van der Waals surface area (Å²) in [4.78, 5) is 25.6. The molecule has 1 rings (SSSR count). The van der Waals surface area contributed by atoms with Crippen molar-refractivity contribution in [1.82, 2.24) is 15.1 Å². The number of likely N-dealkylation sites (N-methyl/N-ethyl adjacent to an activating group) is 1. The average Bonchev–Trinajstić information content (AvgIpc) is 2.49. The van der Waals surface area contributed by atoms with E-state index in [-0.39, 0.29) is 18.5 Å². The van der Waals surface area contributed by atoms with Crippen LogP contribution in [0, 0.1) is 0 Å². The van der Waals surface area contributed by atoms with Crippen molar-refractivity contribution >= 4 is 11.9 Å². The zero-order valence-corrected chi connectivity index (χ0v) is 9.86. The van der Waals surface area contributed by atoms with Crippen molar-refractivity contribution in [2.24, 2.45) is 0 Å². The first-order chi connectivity index (χ1) is 7.66. The Hall–Kier alpha value is -1.14. The fourth-order valence-electron chi connectivity index (χ4n) is 1.55. The van der Waals surface area contributed by atoms with Crippen LogP contribution < -0.4 is 5.32 Å². The Balaban J connectivity index is 2.13. The standard InChI is InChI=1S/C10H19N3O3/c1-12-8-9(14)13(10(12)15)6-3-4-11-5-7-16-2/h11H,3-8H2,1-2H3. The van der Waals surface area contributed by atoms with Crippen LogP contribution in [0.1, 0.15) is 6.42 Å². The van der Waals surface area contributed by atoms with Gasteiger partial charge in [-0.2, -0.15) is 0 Å². The monoisotopic (exact) mass is 229 g/mol. The lowest BCUT2D eigenvalue weighted by atomic mass is 10.4. The highest BCUT2D eigenvalue weighted by Gasteiger charge is 2.32. The summed E-state index contributed by atoms with van der Waals surface area (Å²) in [5.74, 6) is -0.107. The molecule has 0 aliphatic carbocycles. The molecule has 92 valence electrons. The molecule has 1 saturated heterocycles. The van der Waals surface area contributed by atoms with E-state index >= 15 is 0 Å². The van der Waals surface area contributed by atoms with Gasteiger partial charge in [-0.15, -0.1) is 0 Å². The number of imide groups is 1. The number of rotatable bonds is 7. The minimum Gasteiger partial charge on any atom is -0.383 e. The second-order valence-corrected chi connectivity index (χ2v) is 3.78. The van der Waals surface area contributed by atoms with Gasteiger partial charge in [0.05, 0.1) is 6.61 Å². The Morgan fingerprint density at radius 2 is 2.12 bits per heavy atom. The Bertz CT molecular complexity index is 258. The van der Waals surface area contributed by atoms with Crippen molar-refractivity contribution < 1.29 is 14.3 Å². The first kappa shape index (κ1) is 12.9. The Morgan fingerprint density at radius 3 is 2.69 bits per heavy atom. The molecule has 0 aromatic rings. The first-order valence-corrected chi connectivity index (χ1v) is 5.42. The SMILES string of the molecule is COCCNCCCN1C(=O)CN(C)C1=O. The second kappa shape index (κ2) is 6.44. The summed E-state index contributed by atoms with van der Waals surface area (Å²) in [6.45, 7) is 2.94. The molecular weight excluding hydrogens is 210 g/mol. The number of ether oxygens (including phenoxy) is 1. The van der Waals surface area contributed by atoms with Crippen LogP contribution in [-0.2, 0) is 9.53 Å². The molecule has 6 heteroatoms. The number of methoxy groups -OCH3 is 1. The van der Waals surface area contributed by atoms with E-state index in [4.69, 9.17) is 4.74 Å². The number of carbonyl (C=O) groups excluding carboxylic acids is 2. The van der Waals surface area contributed by atoms with E-state index in [9.17, 15) is 9.59 Å². The molecule has 16 heavy (non-hydrogen) atoms. The van der Waals surface area contributed by atoms with Crippen LogP contribution in [0.3, 0.4) is 0 Å². The number of carbonyl (C=O) groups is 2. The van der Waals surface area contributed by atoms with E-state index in [1.54, 1.807) is 14.2 Å². The van der Waals surface area contributed by atoms with Gasteiger partial charge in [0.1, 0.15) is 6.54 Å². The number of urea groups is 1. The highest BCUT2D eigenvalue weighted by atomic mass is 16.5. The third-order valence-electron chi connectivity index (χ3n) is 2.45. The van der Waals surface area contributed by atoms with Crippen molar-refractivity contribution in [1.29, 1.82) is 0 Å². The van der Waals surface area contributed by atoms with Crippen LogP contribution in [0.4, 0.5) is 4.79 Å². The molecule has 1 aliphatic rings. The first-order valence-electron chi connectivity index (χ1n) is 5.42. The highest BCUT2D eigenvalue weighted by Crippen LogP contribution is 2.07. The molecule has 1 fully saturated rings. The molecule has 0 aromatic carbocycles. The van der Waals surface area contributed by atoms with Gasteiger partial charge >= 0.3 is 6.03 Å². The maximum absolute atomic E-state index is 11.5. The predicted octanol–water partition coefficient (Wildman–Crippen LogP) is -0.493. The van der Waals surface area contributed by atoms with Crippen LogP contribution in [-0.4, -0.2) is 68.7 Å².